The molecule has 2 saturated carbocycles. The maximum Gasteiger partial charge on any atom is 0.157 e. The maximum atomic E-state index is 10.5. The van der Waals surface area contributed by atoms with Crippen LogP contribution in [-0.4, -0.2) is 42.7 Å². The van der Waals surface area contributed by atoms with Gasteiger partial charge in [0.25, 0.3) is 0 Å². The monoisotopic (exact) mass is 442 g/mol. The minimum Gasteiger partial charge on any atom is -0.386 e. The first kappa shape index (κ1) is 16.7. The van der Waals surface area contributed by atoms with E-state index in [9.17, 15) is 10.2 Å². The van der Waals surface area contributed by atoms with Crippen LogP contribution in [0.15, 0.2) is 12.2 Å². The van der Waals surface area contributed by atoms with Crippen molar-refractivity contribution < 1.29 is 14.9 Å². The van der Waals surface area contributed by atoms with Crippen LogP contribution in [-0.2, 0) is 4.74 Å². The number of rotatable bonds is 0. The molecular weight excluding hydrogens is 423 g/mol. The Morgan fingerprint density at radius 1 is 1.29 bits per heavy atom. The smallest absolute Gasteiger partial charge is 0.157 e. The van der Waals surface area contributed by atoms with Crippen molar-refractivity contribution in [3.8, 4) is 0 Å². The van der Waals surface area contributed by atoms with Crippen LogP contribution in [0.3, 0.4) is 0 Å². The molecule has 3 fully saturated rings. The number of ether oxygens (including phenoxy) is 1. The Hall–Kier alpha value is 0.870. The van der Waals surface area contributed by atoms with E-state index in [0.29, 0.717) is 12.0 Å². The summed E-state index contributed by atoms with van der Waals surface area (Å²) >= 11 is 14.0. The zero-order chi connectivity index (χ0) is 16.0. The molecule has 3 aliphatic rings. The first-order valence-corrected chi connectivity index (χ1v) is 9.25. The number of hydrogen-bond donors (Lipinski definition) is 2. The molecule has 2 bridgehead atoms. The molecule has 120 valence electrons. The first-order chi connectivity index (χ1) is 9.42. The van der Waals surface area contributed by atoms with Gasteiger partial charge in [0.1, 0.15) is 12.2 Å². The van der Waals surface area contributed by atoms with E-state index in [4.69, 9.17) is 16.3 Å². The predicted molar refractivity (Wildman–Crippen MR) is 90.1 cm³/mol. The van der Waals surface area contributed by atoms with Crippen molar-refractivity contribution in [1.29, 1.82) is 0 Å². The van der Waals surface area contributed by atoms with E-state index in [1.54, 1.807) is 0 Å². The topological polar surface area (TPSA) is 49.7 Å². The summed E-state index contributed by atoms with van der Waals surface area (Å²) < 4.78 is 5.27. The van der Waals surface area contributed by atoms with Crippen molar-refractivity contribution in [1.82, 2.24) is 0 Å². The zero-order valence-electron chi connectivity index (χ0n) is 12.4. The first-order valence-electron chi connectivity index (χ1n) is 7.17. The Labute approximate surface area is 147 Å². The van der Waals surface area contributed by atoms with Gasteiger partial charge in [0.05, 0.1) is 11.0 Å². The Bertz CT molecular complexity index is 509. The van der Waals surface area contributed by atoms with Gasteiger partial charge in [0, 0.05) is 15.7 Å². The second kappa shape index (κ2) is 4.48. The second-order valence-corrected chi connectivity index (χ2v) is 10.6. The highest BCUT2D eigenvalue weighted by molar-refractivity contribution is 9.10. The van der Waals surface area contributed by atoms with E-state index in [2.05, 4.69) is 52.3 Å². The third-order valence-corrected chi connectivity index (χ3v) is 9.84. The molecule has 7 atom stereocenters. The highest BCUT2D eigenvalue weighted by Crippen LogP contribution is 2.73. The molecule has 2 N–H and O–H groups in total. The van der Waals surface area contributed by atoms with Gasteiger partial charge >= 0.3 is 0 Å². The molecule has 6 heteroatoms. The largest absolute Gasteiger partial charge is 0.386 e. The normalized spacial score (nSPS) is 59.0. The lowest BCUT2D eigenvalue weighted by molar-refractivity contribution is -0.126. The van der Waals surface area contributed by atoms with E-state index >= 15 is 0 Å². The summed E-state index contributed by atoms with van der Waals surface area (Å²) in [6.45, 7) is 10.3. The molecule has 0 aromatic rings. The Balaban J connectivity index is 2.19. The lowest BCUT2D eigenvalue weighted by atomic mass is 9.48. The highest BCUT2D eigenvalue weighted by atomic mass is 79.9. The van der Waals surface area contributed by atoms with Crippen LogP contribution < -0.4 is 0 Å². The van der Waals surface area contributed by atoms with E-state index in [1.807, 2.05) is 6.92 Å². The maximum absolute atomic E-state index is 10.5. The Morgan fingerprint density at radius 3 is 2.43 bits per heavy atom. The fourth-order valence-corrected chi connectivity index (χ4v) is 6.33. The lowest BCUT2D eigenvalue weighted by Gasteiger charge is -2.58. The molecule has 1 spiro atoms. The number of alkyl halides is 3. The zero-order valence-corrected chi connectivity index (χ0v) is 16.3. The van der Waals surface area contributed by atoms with Gasteiger partial charge in [-0.3, -0.25) is 0 Å². The summed E-state index contributed by atoms with van der Waals surface area (Å²) in [5.41, 5.74) is -0.175. The lowest BCUT2D eigenvalue weighted by Crippen LogP contribution is -2.64. The van der Waals surface area contributed by atoms with Gasteiger partial charge in [-0.25, -0.2) is 0 Å². The quantitative estimate of drug-likeness (QED) is 0.445. The van der Waals surface area contributed by atoms with Crippen LogP contribution in [0, 0.1) is 10.8 Å². The molecule has 0 aromatic carbocycles. The summed E-state index contributed by atoms with van der Waals surface area (Å²) in [5, 5.41) is 21.0. The Morgan fingerprint density at radius 2 is 1.86 bits per heavy atom. The van der Waals surface area contributed by atoms with Crippen LogP contribution in [0.4, 0.5) is 0 Å². The molecule has 2 aliphatic carbocycles. The van der Waals surface area contributed by atoms with Gasteiger partial charge in [0.2, 0.25) is 0 Å². The molecule has 21 heavy (non-hydrogen) atoms. The second-order valence-electron chi connectivity index (χ2n) is 7.42. The summed E-state index contributed by atoms with van der Waals surface area (Å²) in [6, 6.07) is 0. The van der Waals surface area contributed by atoms with Crippen molar-refractivity contribution in [3.05, 3.63) is 12.2 Å². The van der Waals surface area contributed by atoms with Crippen LogP contribution >= 0.6 is 43.5 Å². The van der Waals surface area contributed by atoms with E-state index < -0.39 is 32.4 Å². The molecule has 3 nitrogen and oxygen atoms in total. The van der Waals surface area contributed by atoms with Crippen LogP contribution in [0.2, 0.25) is 0 Å². The molecule has 1 heterocycles. The molecule has 1 saturated heterocycles. The average molecular weight is 445 g/mol. The number of halogens is 3. The number of aliphatic hydroxyl groups excluding tert-OH is 2. The number of aliphatic hydroxyl groups is 2. The van der Waals surface area contributed by atoms with Crippen LogP contribution in [0.1, 0.15) is 33.6 Å². The highest BCUT2D eigenvalue weighted by Gasteiger charge is 2.77. The van der Waals surface area contributed by atoms with E-state index in [-0.39, 0.29) is 10.9 Å². The fraction of sp³-hybridized carbons (Fsp3) is 0.867. The van der Waals surface area contributed by atoms with Gasteiger partial charge in [-0.15, -0.1) is 11.6 Å². The molecule has 0 aromatic heterocycles. The van der Waals surface area contributed by atoms with Crippen molar-refractivity contribution >= 4 is 43.5 Å². The number of fused-ring (bicyclic) bond motifs is 1. The molecular formula is C15H21Br2ClO3. The van der Waals surface area contributed by atoms with Gasteiger partial charge in [-0.05, 0) is 25.3 Å². The van der Waals surface area contributed by atoms with Gasteiger partial charge in [-0.1, -0.05) is 52.3 Å². The van der Waals surface area contributed by atoms with Gasteiger partial charge in [-0.2, -0.15) is 0 Å². The molecule has 0 amide bonds. The standard InChI is InChI=1S/C15H21Br2ClO3/c1-7-10(19)11(20)15(17)12(2,3)14(7)5-8(16)13(4,18)6-9(14)21-15/h8-11,19-20H,1,5-6H2,2-4H3. The summed E-state index contributed by atoms with van der Waals surface area (Å²) in [7, 11) is 0. The summed E-state index contributed by atoms with van der Waals surface area (Å²) in [4.78, 5) is -0.344. The van der Waals surface area contributed by atoms with Gasteiger partial charge < -0.3 is 14.9 Å². The summed E-state index contributed by atoms with van der Waals surface area (Å²) in [6.07, 6.45) is -0.865. The Kier molecular flexibility index (Phi) is 3.57. The van der Waals surface area contributed by atoms with Crippen molar-refractivity contribution in [2.45, 2.75) is 66.1 Å². The third kappa shape index (κ3) is 1.71. The fourth-order valence-electron chi connectivity index (χ4n) is 4.59. The molecule has 3 rings (SSSR count). The minimum absolute atomic E-state index is 0.0832. The SMILES string of the molecule is C=C1C(O)C(O)C2(Br)OC3CC(C)(Cl)C(Br)CC13C2(C)C. The van der Waals surface area contributed by atoms with Crippen LogP contribution in [0.5, 0.6) is 0 Å². The van der Waals surface area contributed by atoms with Crippen molar-refractivity contribution in [2.24, 2.45) is 10.8 Å². The predicted octanol–water partition coefficient (Wildman–Crippen LogP) is 3.34. The van der Waals surface area contributed by atoms with E-state index in [0.717, 1.165) is 6.42 Å². The third-order valence-electron chi connectivity index (χ3n) is 6.18. The van der Waals surface area contributed by atoms with Gasteiger partial charge in [0.15, 0.2) is 4.51 Å². The van der Waals surface area contributed by atoms with Crippen molar-refractivity contribution in [3.63, 3.8) is 0 Å². The van der Waals surface area contributed by atoms with Crippen molar-refractivity contribution in [2.75, 3.05) is 0 Å². The average Bonchev–Trinajstić information content (AvgIpc) is 2.50. The molecule has 1 aliphatic heterocycles. The minimum atomic E-state index is -1.05. The molecule has 7 unspecified atom stereocenters. The van der Waals surface area contributed by atoms with Crippen LogP contribution in [0.25, 0.3) is 0 Å². The molecule has 0 radical (unpaired) electrons. The number of hydrogen-bond acceptors (Lipinski definition) is 3. The summed E-state index contributed by atoms with van der Waals surface area (Å²) in [5.74, 6) is 0. The van der Waals surface area contributed by atoms with E-state index in [1.165, 1.54) is 0 Å².